The van der Waals surface area contributed by atoms with E-state index in [1.807, 2.05) is 18.2 Å². The van der Waals surface area contributed by atoms with Crippen molar-refractivity contribution >= 4 is 0 Å². The highest BCUT2D eigenvalue weighted by atomic mass is 35.5. The number of nitrogens with two attached hydrogens (primary N) is 1. The second kappa shape index (κ2) is 6.00. The van der Waals surface area contributed by atoms with Crippen LogP contribution in [0.25, 0.3) is 0 Å². The van der Waals surface area contributed by atoms with Crippen molar-refractivity contribution in [3.8, 4) is 0 Å². The second-order valence-electron chi connectivity index (χ2n) is 2.76. The Kier molecular flexibility index (Phi) is 5.72. The molecule has 0 heterocycles. The average molecular weight is 186 g/mol. The molecule has 0 saturated heterocycles. The summed E-state index contributed by atoms with van der Waals surface area (Å²) in [6, 6.07) is 10.7. The third-order valence-corrected chi connectivity index (χ3v) is 1.67. The van der Waals surface area contributed by atoms with Gasteiger partial charge in [0.05, 0.1) is 0 Å². The zero-order valence-electron chi connectivity index (χ0n) is 7.13. The lowest BCUT2D eigenvalue weighted by Gasteiger charge is -2.08. The monoisotopic (exact) mass is 185 g/mol. The van der Waals surface area contributed by atoms with Gasteiger partial charge in [0.1, 0.15) is 0 Å². The van der Waals surface area contributed by atoms with E-state index < -0.39 is 0 Å². The lowest BCUT2D eigenvalue weighted by atomic mass is 10.1. The van der Waals surface area contributed by atoms with Crippen LogP contribution in [-0.4, -0.2) is 6.04 Å². The van der Waals surface area contributed by atoms with Gasteiger partial charge in [-0.05, 0) is 18.9 Å². The van der Waals surface area contributed by atoms with Crippen LogP contribution >= 0.6 is 0 Å². The van der Waals surface area contributed by atoms with E-state index in [0.29, 0.717) is 6.04 Å². The molecular formula is C9H14ClN2-. The van der Waals surface area contributed by atoms with Crippen LogP contribution < -0.4 is 23.7 Å². The molecule has 0 aliphatic carbocycles. The van der Waals surface area contributed by atoms with Crippen molar-refractivity contribution in [2.24, 2.45) is 5.84 Å². The zero-order valence-corrected chi connectivity index (χ0v) is 7.88. The minimum absolute atomic E-state index is 0. The van der Waals surface area contributed by atoms with Crippen LogP contribution in [0.1, 0.15) is 12.5 Å². The maximum atomic E-state index is 5.27. The smallest absolute Gasteiger partial charge is 0.0222 e. The normalized spacial score (nSPS) is 11.8. The molecule has 0 amide bonds. The Morgan fingerprint density at radius 2 is 1.92 bits per heavy atom. The molecule has 0 aliphatic heterocycles. The van der Waals surface area contributed by atoms with Crippen molar-refractivity contribution in [3.05, 3.63) is 35.9 Å². The van der Waals surface area contributed by atoms with Crippen LogP contribution in [0.3, 0.4) is 0 Å². The van der Waals surface area contributed by atoms with Crippen molar-refractivity contribution < 1.29 is 12.4 Å². The van der Waals surface area contributed by atoms with E-state index in [9.17, 15) is 0 Å². The van der Waals surface area contributed by atoms with E-state index >= 15 is 0 Å². The van der Waals surface area contributed by atoms with Gasteiger partial charge in [-0.15, -0.1) is 0 Å². The number of hydrogen-bond acceptors (Lipinski definition) is 2. The summed E-state index contributed by atoms with van der Waals surface area (Å²) >= 11 is 0. The number of benzene rings is 1. The van der Waals surface area contributed by atoms with Crippen LogP contribution in [0.5, 0.6) is 0 Å². The summed E-state index contributed by atoms with van der Waals surface area (Å²) in [7, 11) is 0. The minimum Gasteiger partial charge on any atom is -1.00 e. The molecule has 1 atom stereocenters. The van der Waals surface area contributed by atoms with Crippen molar-refractivity contribution in [2.45, 2.75) is 19.4 Å². The molecule has 1 rings (SSSR count). The Morgan fingerprint density at radius 3 is 2.42 bits per heavy atom. The average Bonchev–Trinajstić information content (AvgIpc) is 2.06. The Bertz CT molecular complexity index is 201. The molecule has 0 aliphatic rings. The van der Waals surface area contributed by atoms with Crippen molar-refractivity contribution in [1.82, 2.24) is 5.43 Å². The molecule has 0 bridgehead atoms. The number of hydrogen-bond donors (Lipinski definition) is 2. The van der Waals surface area contributed by atoms with Gasteiger partial charge >= 0.3 is 0 Å². The summed E-state index contributed by atoms with van der Waals surface area (Å²) in [5, 5.41) is 0. The molecule has 0 spiro atoms. The molecule has 1 unspecified atom stereocenters. The van der Waals surface area contributed by atoms with Gasteiger partial charge in [0.25, 0.3) is 0 Å². The van der Waals surface area contributed by atoms with Crippen LogP contribution in [0.15, 0.2) is 30.3 Å². The van der Waals surface area contributed by atoms with Gasteiger partial charge in [0.2, 0.25) is 0 Å². The molecule has 1 aromatic rings. The lowest BCUT2D eigenvalue weighted by molar-refractivity contribution is -0.00000252. The number of rotatable bonds is 3. The quantitative estimate of drug-likeness (QED) is 0.426. The summed E-state index contributed by atoms with van der Waals surface area (Å²) in [6.07, 6.45) is 0.983. The van der Waals surface area contributed by atoms with E-state index in [1.165, 1.54) is 5.56 Å². The maximum Gasteiger partial charge on any atom is 0.0222 e. The first-order chi connectivity index (χ1) is 5.33. The van der Waals surface area contributed by atoms with E-state index in [2.05, 4.69) is 24.5 Å². The fourth-order valence-electron chi connectivity index (χ4n) is 1.03. The van der Waals surface area contributed by atoms with Crippen molar-refractivity contribution in [1.29, 1.82) is 0 Å². The fourth-order valence-corrected chi connectivity index (χ4v) is 1.03. The molecule has 3 heteroatoms. The van der Waals surface area contributed by atoms with E-state index in [1.54, 1.807) is 0 Å². The summed E-state index contributed by atoms with van der Waals surface area (Å²) in [5.74, 6) is 5.27. The van der Waals surface area contributed by atoms with Crippen LogP contribution in [-0.2, 0) is 6.42 Å². The largest absolute Gasteiger partial charge is 1.00 e. The summed E-state index contributed by atoms with van der Waals surface area (Å²) in [6.45, 7) is 2.06. The predicted octanol–water partition coefficient (Wildman–Crippen LogP) is -1.92. The first-order valence-electron chi connectivity index (χ1n) is 3.83. The van der Waals surface area contributed by atoms with Crippen molar-refractivity contribution in [3.63, 3.8) is 0 Å². The molecule has 3 N–H and O–H groups in total. The van der Waals surface area contributed by atoms with Crippen LogP contribution in [0, 0.1) is 0 Å². The van der Waals surface area contributed by atoms with Gasteiger partial charge in [0.15, 0.2) is 0 Å². The van der Waals surface area contributed by atoms with Crippen molar-refractivity contribution in [2.75, 3.05) is 0 Å². The summed E-state index contributed by atoms with van der Waals surface area (Å²) < 4.78 is 0. The van der Waals surface area contributed by atoms with Gasteiger partial charge in [-0.2, -0.15) is 0 Å². The number of hydrazine groups is 1. The lowest BCUT2D eigenvalue weighted by Crippen LogP contribution is -3.00. The van der Waals surface area contributed by atoms with Crippen LogP contribution in [0.2, 0.25) is 0 Å². The topological polar surface area (TPSA) is 38.0 Å². The third kappa shape index (κ3) is 3.72. The maximum absolute atomic E-state index is 5.27. The van der Waals surface area contributed by atoms with Gasteiger partial charge < -0.3 is 12.4 Å². The first kappa shape index (κ1) is 11.4. The number of halogens is 1. The van der Waals surface area contributed by atoms with Crippen LogP contribution in [0.4, 0.5) is 0 Å². The van der Waals surface area contributed by atoms with Gasteiger partial charge in [-0.3, -0.25) is 11.3 Å². The molecule has 12 heavy (non-hydrogen) atoms. The molecule has 0 fully saturated rings. The molecule has 2 nitrogen and oxygen atoms in total. The molecule has 68 valence electrons. The first-order valence-corrected chi connectivity index (χ1v) is 3.83. The van der Waals surface area contributed by atoms with Gasteiger partial charge in [-0.1, -0.05) is 30.3 Å². The standard InChI is InChI=1S/C9H14N2.ClH/c1-8(11-10)7-9-5-3-2-4-6-9;/h2-6,8,11H,7,10H2,1H3;1H/p-1. The Balaban J connectivity index is 0.00000121. The Labute approximate surface area is 79.5 Å². The molecular weight excluding hydrogens is 172 g/mol. The van der Waals surface area contributed by atoms with Gasteiger partial charge in [0, 0.05) is 6.04 Å². The molecule has 0 saturated carbocycles. The molecule has 0 aromatic heterocycles. The fraction of sp³-hybridized carbons (Fsp3) is 0.333. The Hall–Kier alpha value is -0.570. The Morgan fingerprint density at radius 1 is 1.33 bits per heavy atom. The predicted molar refractivity (Wildman–Crippen MR) is 46.9 cm³/mol. The van der Waals surface area contributed by atoms with E-state index in [4.69, 9.17) is 5.84 Å². The highest BCUT2D eigenvalue weighted by molar-refractivity contribution is 5.15. The third-order valence-electron chi connectivity index (χ3n) is 1.67. The molecule has 0 radical (unpaired) electrons. The number of nitrogens with one attached hydrogen (secondary N) is 1. The SMILES string of the molecule is CC(Cc1ccccc1)NN.[Cl-]. The zero-order chi connectivity index (χ0) is 8.10. The van der Waals surface area contributed by atoms with E-state index in [-0.39, 0.29) is 12.4 Å². The summed E-state index contributed by atoms with van der Waals surface area (Å²) in [5.41, 5.74) is 4.03. The minimum atomic E-state index is 0. The molecule has 1 aromatic carbocycles. The highest BCUT2D eigenvalue weighted by Gasteiger charge is 1.98. The van der Waals surface area contributed by atoms with Gasteiger partial charge in [-0.25, -0.2) is 0 Å². The highest BCUT2D eigenvalue weighted by Crippen LogP contribution is 2.01. The summed E-state index contributed by atoms with van der Waals surface area (Å²) in [4.78, 5) is 0. The van der Waals surface area contributed by atoms with E-state index in [0.717, 1.165) is 6.42 Å². The second-order valence-corrected chi connectivity index (χ2v) is 2.76.